The predicted molar refractivity (Wildman–Crippen MR) is 102 cm³/mol. The Morgan fingerprint density at radius 1 is 1.31 bits per heavy atom. The molecule has 2 heterocycles. The summed E-state index contributed by atoms with van der Waals surface area (Å²) in [6.07, 6.45) is 7.70. The normalized spacial score (nSPS) is 19.5. The van der Waals surface area contributed by atoms with Gasteiger partial charge in [-0.25, -0.2) is 4.98 Å². The van der Waals surface area contributed by atoms with E-state index in [9.17, 15) is 9.59 Å². The van der Waals surface area contributed by atoms with Crippen LogP contribution in [0, 0.1) is 5.92 Å². The quantitative estimate of drug-likeness (QED) is 0.786. The SMILES string of the molecule is CC(Nc1cncc(-c2cccc(C=C3SC(=O)NC3=O)c2)n1)C1CC1. The fraction of sp³-hybridized carbons (Fsp3) is 0.263. The van der Waals surface area contributed by atoms with Gasteiger partial charge in [0.15, 0.2) is 0 Å². The van der Waals surface area contributed by atoms with Crippen LogP contribution in [0.1, 0.15) is 25.3 Å². The van der Waals surface area contributed by atoms with Crippen molar-refractivity contribution in [1.82, 2.24) is 15.3 Å². The lowest BCUT2D eigenvalue weighted by Crippen LogP contribution is -2.18. The number of imide groups is 1. The first-order chi connectivity index (χ1) is 12.6. The number of rotatable bonds is 5. The van der Waals surface area contributed by atoms with E-state index in [1.165, 1.54) is 12.8 Å². The van der Waals surface area contributed by atoms with E-state index in [1.807, 2.05) is 24.3 Å². The van der Waals surface area contributed by atoms with Crippen LogP contribution in [0.25, 0.3) is 17.3 Å². The fourth-order valence-corrected chi connectivity index (χ4v) is 3.56. The molecule has 1 atom stereocenters. The number of thioether (sulfide) groups is 1. The number of carbonyl (C=O) groups is 2. The van der Waals surface area contributed by atoms with Crippen LogP contribution >= 0.6 is 11.8 Å². The number of nitrogens with one attached hydrogen (secondary N) is 2. The van der Waals surface area contributed by atoms with Crippen LogP contribution in [0.5, 0.6) is 0 Å². The lowest BCUT2D eigenvalue weighted by Gasteiger charge is -2.13. The van der Waals surface area contributed by atoms with Crippen LogP contribution < -0.4 is 10.6 Å². The van der Waals surface area contributed by atoms with E-state index in [0.717, 1.165) is 40.3 Å². The minimum atomic E-state index is -0.356. The Bertz CT molecular complexity index is 908. The Hall–Kier alpha value is -2.67. The lowest BCUT2D eigenvalue weighted by molar-refractivity contribution is -0.115. The average Bonchev–Trinajstić information content (AvgIpc) is 3.42. The van der Waals surface area contributed by atoms with E-state index in [4.69, 9.17) is 0 Å². The van der Waals surface area contributed by atoms with E-state index < -0.39 is 0 Å². The Kier molecular flexibility index (Phi) is 4.46. The van der Waals surface area contributed by atoms with Gasteiger partial charge in [0.2, 0.25) is 0 Å². The van der Waals surface area contributed by atoms with Crippen molar-refractivity contribution in [2.75, 3.05) is 5.32 Å². The second-order valence-corrected chi connectivity index (χ2v) is 7.55. The van der Waals surface area contributed by atoms with E-state index >= 15 is 0 Å². The smallest absolute Gasteiger partial charge is 0.290 e. The first-order valence-corrected chi connectivity index (χ1v) is 9.34. The largest absolute Gasteiger partial charge is 0.366 e. The minimum absolute atomic E-state index is 0.341. The van der Waals surface area contributed by atoms with Gasteiger partial charge in [0, 0.05) is 11.6 Å². The van der Waals surface area contributed by atoms with E-state index in [2.05, 4.69) is 27.5 Å². The first-order valence-electron chi connectivity index (χ1n) is 8.52. The van der Waals surface area contributed by atoms with Crippen molar-refractivity contribution in [2.24, 2.45) is 5.92 Å². The zero-order valence-electron chi connectivity index (χ0n) is 14.2. The molecule has 0 spiro atoms. The van der Waals surface area contributed by atoms with Gasteiger partial charge in [-0.05, 0) is 55.2 Å². The second kappa shape index (κ2) is 6.92. The molecule has 2 N–H and O–H groups in total. The van der Waals surface area contributed by atoms with Crippen molar-refractivity contribution in [2.45, 2.75) is 25.8 Å². The van der Waals surface area contributed by atoms with Gasteiger partial charge in [-0.2, -0.15) is 0 Å². The summed E-state index contributed by atoms with van der Waals surface area (Å²) in [5.74, 6) is 1.14. The van der Waals surface area contributed by atoms with Crippen LogP contribution in [0.4, 0.5) is 10.6 Å². The van der Waals surface area contributed by atoms with Gasteiger partial charge in [-0.1, -0.05) is 18.2 Å². The number of hydrogen-bond acceptors (Lipinski definition) is 6. The molecule has 1 aromatic heterocycles. The van der Waals surface area contributed by atoms with Crippen molar-refractivity contribution >= 4 is 34.8 Å². The standard InChI is InChI=1S/C19H18N4O2S/c1-11(13-5-6-13)21-17-10-20-9-15(22-17)14-4-2-3-12(7-14)8-16-18(24)23-19(25)26-16/h2-4,7-11,13H,5-6H2,1H3,(H,21,22)(H,23,24,25). The molecule has 4 rings (SSSR count). The molecule has 1 aliphatic carbocycles. The Labute approximate surface area is 155 Å². The molecule has 0 radical (unpaired) electrons. The summed E-state index contributed by atoms with van der Waals surface area (Å²) in [6.45, 7) is 2.17. The highest BCUT2D eigenvalue weighted by atomic mass is 32.2. The highest BCUT2D eigenvalue weighted by Gasteiger charge is 2.28. The van der Waals surface area contributed by atoms with E-state index in [-0.39, 0.29) is 11.1 Å². The maximum Gasteiger partial charge on any atom is 0.290 e. The van der Waals surface area contributed by atoms with Gasteiger partial charge in [0.25, 0.3) is 11.1 Å². The highest BCUT2D eigenvalue weighted by Crippen LogP contribution is 2.34. The molecule has 26 heavy (non-hydrogen) atoms. The number of nitrogens with zero attached hydrogens (tertiary/aromatic N) is 2. The summed E-state index contributed by atoms with van der Waals surface area (Å²) >= 11 is 0.912. The minimum Gasteiger partial charge on any atom is -0.366 e. The van der Waals surface area contributed by atoms with Crippen LogP contribution in [0.15, 0.2) is 41.6 Å². The summed E-state index contributed by atoms with van der Waals surface area (Å²) in [7, 11) is 0. The topological polar surface area (TPSA) is 84.0 Å². The summed E-state index contributed by atoms with van der Waals surface area (Å²) in [5, 5.41) is 5.34. The van der Waals surface area contributed by atoms with E-state index in [0.29, 0.717) is 10.9 Å². The zero-order chi connectivity index (χ0) is 18.1. The number of amides is 2. The first kappa shape index (κ1) is 16.8. The molecule has 6 nitrogen and oxygen atoms in total. The predicted octanol–water partition coefficient (Wildman–Crippen LogP) is 3.68. The third-order valence-corrected chi connectivity index (χ3v) is 5.27. The van der Waals surface area contributed by atoms with Crippen molar-refractivity contribution in [3.8, 4) is 11.3 Å². The number of aromatic nitrogens is 2. The second-order valence-electron chi connectivity index (χ2n) is 6.54. The Morgan fingerprint density at radius 3 is 2.88 bits per heavy atom. The van der Waals surface area contributed by atoms with Crippen LogP contribution in [0.2, 0.25) is 0 Å². The van der Waals surface area contributed by atoms with Crippen LogP contribution in [0.3, 0.4) is 0 Å². The molecule has 1 saturated heterocycles. The third kappa shape index (κ3) is 3.77. The van der Waals surface area contributed by atoms with Crippen LogP contribution in [-0.4, -0.2) is 27.2 Å². The Morgan fingerprint density at radius 2 is 2.15 bits per heavy atom. The van der Waals surface area contributed by atoms with Crippen molar-refractivity contribution in [3.05, 3.63) is 47.1 Å². The number of carbonyl (C=O) groups excluding carboxylic acids is 2. The summed E-state index contributed by atoms with van der Waals surface area (Å²) in [6, 6.07) is 8.06. The van der Waals surface area contributed by atoms with Gasteiger partial charge in [0.05, 0.1) is 23.0 Å². The molecule has 7 heteroatoms. The molecule has 132 valence electrons. The summed E-state index contributed by atoms with van der Waals surface area (Å²) < 4.78 is 0. The molecule has 2 aromatic rings. The number of anilines is 1. The number of hydrogen-bond donors (Lipinski definition) is 2. The molecular weight excluding hydrogens is 348 g/mol. The fourth-order valence-electron chi connectivity index (χ4n) is 2.88. The van der Waals surface area contributed by atoms with E-state index in [1.54, 1.807) is 18.5 Å². The number of benzene rings is 1. The third-order valence-electron chi connectivity index (χ3n) is 4.46. The molecule has 0 bridgehead atoms. The van der Waals surface area contributed by atoms with Crippen molar-refractivity contribution in [1.29, 1.82) is 0 Å². The maximum absolute atomic E-state index is 11.7. The molecule has 2 fully saturated rings. The van der Waals surface area contributed by atoms with Crippen molar-refractivity contribution < 1.29 is 9.59 Å². The van der Waals surface area contributed by atoms with Gasteiger partial charge >= 0.3 is 0 Å². The molecule has 1 saturated carbocycles. The monoisotopic (exact) mass is 366 g/mol. The molecule has 2 aliphatic rings. The van der Waals surface area contributed by atoms with Gasteiger partial charge in [0.1, 0.15) is 5.82 Å². The maximum atomic E-state index is 11.7. The molecule has 2 amide bonds. The lowest BCUT2D eigenvalue weighted by atomic mass is 10.1. The van der Waals surface area contributed by atoms with Crippen LogP contribution in [-0.2, 0) is 4.79 Å². The zero-order valence-corrected chi connectivity index (χ0v) is 15.0. The molecule has 1 aromatic carbocycles. The molecule has 1 aliphatic heterocycles. The average molecular weight is 366 g/mol. The summed E-state index contributed by atoms with van der Waals surface area (Å²) in [4.78, 5) is 32.3. The molecule has 1 unspecified atom stereocenters. The Balaban J connectivity index is 1.57. The molecular formula is C19H18N4O2S. The summed E-state index contributed by atoms with van der Waals surface area (Å²) in [5.41, 5.74) is 2.50. The highest BCUT2D eigenvalue weighted by molar-refractivity contribution is 8.18. The van der Waals surface area contributed by atoms with Gasteiger partial charge < -0.3 is 5.32 Å². The van der Waals surface area contributed by atoms with Crippen molar-refractivity contribution in [3.63, 3.8) is 0 Å². The van der Waals surface area contributed by atoms with Gasteiger partial charge in [-0.15, -0.1) is 0 Å². The van der Waals surface area contributed by atoms with Gasteiger partial charge in [-0.3, -0.25) is 19.9 Å².